The van der Waals surface area contributed by atoms with Gasteiger partial charge in [-0.2, -0.15) is 0 Å². The summed E-state index contributed by atoms with van der Waals surface area (Å²) in [6, 6.07) is 13.2. The summed E-state index contributed by atoms with van der Waals surface area (Å²) in [5, 5.41) is 2.97. The highest BCUT2D eigenvalue weighted by atomic mass is 16.5. The van der Waals surface area contributed by atoms with Crippen LogP contribution in [0.15, 0.2) is 53.1 Å². The van der Waals surface area contributed by atoms with Crippen molar-refractivity contribution in [3.8, 4) is 0 Å². The molecule has 2 heterocycles. The van der Waals surface area contributed by atoms with Gasteiger partial charge in [0.1, 0.15) is 12.3 Å². The van der Waals surface area contributed by atoms with Gasteiger partial charge < -0.3 is 24.3 Å². The van der Waals surface area contributed by atoms with Crippen molar-refractivity contribution in [3.05, 3.63) is 60.1 Å². The fraction of sp³-hybridized carbons (Fsp3) is 0.500. The van der Waals surface area contributed by atoms with Crippen LogP contribution >= 0.6 is 0 Å². The molecule has 168 valence electrons. The van der Waals surface area contributed by atoms with Gasteiger partial charge in [0.25, 0.3) is 0 Å². The zero-order valence-corrected chi connectivity index (χ0v) is 18.7. The van der Waals surface area contributed by atoms with E-state index in [4.69, 9.17) is 9.15 Å². The fourth-order valence-electron chi connectivity index (χ4n) is 3.54. The highest BCUT2D eigenvalue weighted by Crippen LogP contribution is 2.16. The summed E-state index contributed by atoms with van der Waals surface area (Å²) >= 11 is 0. The standard InChI is InChI=1S/C24H33N3O4/c1-24(2,3)25-23(29)27(17-21-12-8-14-31-21)18-22(28)26(16-20-11-7-13-30-20)15-19-9-5-4-6-10-19/h4-7,9-11,13,21H,8,12,14-18H2,1-3H3,(H,25,29). The quantitative estimate of drug-likeness (QED) is 0.695. The predicted octanol–water partition coefficient (Wildman–Crippen LogP) is 3.80. The Morgan fingerprint density at radius 1 is 1.06 bits per heavy atom. The molecule has 0 radical (unpaired) electrons. The molecule has 1 aromatic carbocycles. The number of hydrogen-bond acceptors (Lipinski definition) is 4. The van der Waals surface area contributed by atoms with Crippen LogP contribution in [0.1, 0.15) is 44.9 Å². The Balaban J connectivity index is 1.74. The number of carbonyl (C=O) groups excluding carboxylic acids is 2. The number of furan rings is 1. The molecule has 1 unspecified atom stereocenters. The molecule has 0 saturated carbocycles. The van der Waals surface area contributed by atoms with Crippen molar-refractivity contribution >= 4 is 11.9 Å². The van der Waals surface area contributed by atoms with E-state index in [1.165, 1.54) is 0 Å². The van der Waals surface area contributed by atoms with Crippen molar-refractivity contribution in [2.24, 2.45) is 0 Å². The van der Waals surface area contributed by atoms with Crippen LogP contribution in [0.25, 0.3) is 0 Å². The topological polar surface area (TPSA) is 75.0 Å². The SMILES string of the molecule is CC(C)(C)NC(=O)N(CC(=O)N(Cc1ccccc1)Cc1ccco1)CC1CCCO1. The Morgan fingerprint density at radius 3 is 2.45 bits per heavy atom. The first-order valence-corrected chi connectivity index (χ1v) is 10.8. The Kier molecular flexibility index (Phi) is 7.74. The Labute approximate surface area is 184 Å². The summed E-state index contributed by atoms with van der Waals surface area (Å²) < 4.78 is 11.2. The maximum atomic E-state index is 13.3. The first kappa shape index (κ1) is 22.9. The largest absolute Gasteiger partial charge is 0.467 e. The van der Waals surface area contributed by atoms with E-state index >= 15 is 0 Å². The van der Waals surface area contributed by atoms with Crippen LogP contribution < -0.4 is 5.32 Å². The van der Waals surface area contributed by atoms with Crippen molar-refractivity contribution in [2.75, 3.05) is 19.7 Å². The van der Waals surface area contributed by atoms with Crippen molar-refractivity contribution in [1.82, 2.24) is 15.1 Å². The lowest BCUT2D eigenvalue weighted by Gasteiger charge is -2.31. The molecule has 1 aromatic heterocycles. The molecule has 3 rings (SSSR count). The van der Waals surface area contributed by atoms with Crippen molar-refractivity contribution in [2.45, 2.75) is 58.3 Å². The second-order valence-electron chi connectivity index (χ2n) is 9.01. The number of nitrogens with one attached hydrogen (secondary N) is 1. The third-order valence-corrected chi connectivity index (χ3v) is 5.04. The number of ether oxygens (including phenoxy) is 1. The van der Waals surface area contributed by atoms with Crippen LogP contribution in [0.5, 0.6) is 0 Å². The van der Waals surface area contributed by atoms with E-state index in [1.807, 2.05) is 57.2 Å². The summed E-state index contributed by atoms with van der Waals surface area (Å²) in [5.74, 6) is 0.566. The molecule has 3 amide bonds. The Hall–Kier alpha value is -2.80. The second kappa shape index (κ2) is 10.5. The van der Waals surface area contributed by atoms with Gasteiger partial charge in [-0.25, -0.2) is 4.79 Å². The fourth-order valence-corrected chi connectivity index (χ4v) is 3.54. The van der Waals surface area contributed by atoms with Gasteiger partial charge in [-0.15, -0.1) is 0 Å². The molecule has 31 heavy (non-hydrogen) atoms. The lowest BCUT2D eigenvalue weighted by atomic mass is 10.1. The van der Waals surface area contributed by atoms with Gasteiger partial charge in [-0.1, -0.05) is 30.3 Å². The monoisotopic (exact) mass is 427 g/mol. The van der Waals surface area contributed by atoms with Crippen molar-refractivity contribution in [3.63, 3.8) is 0 Å². The number of carbonyl (C=O) groups is 2. The molecule has 0 bridgehead atoms. The minimum absolute atomic E-state index is 0.0185. The first-order valence-electron chi connectivity index (χ1n) is 10.8. The molecule has 1 aliphatic rings. The molecule has 0 aliphatic carbocycles. The molecule has 1 saturated heterocycles. The summed E-state index contributed by atoms with van der Waals surface area (Å²) in [6.45, 7) is 7.64. The number of nitrogens with zero attached hydrogens (tertiary/aromatic N) is 2. The van der Waals surface area contributed by atoms with Crippen molar-refractivity contribution in [1.29, 1.82) is 0 Å². The van der Waals surface area contributed by atoms with Crippen LogP contribution in [-0.2, 0) is 22.6 Å². The van der Waals surface area contributed by atoms with Crippen LogP contribution in [-0.4, -0.2) is 53.1 Å². The summed E-state index contributed by atoms with van der Waals surface area (Å²) in [5.41, 5.74) is 0.625. The van der Waals surface area contributed by atoms with Crippen LogP contribution in [0.2, 0.25) is 0 Å². The maximum absolute atomic E-state index is 13.3. The molecule has 1 atom stereocenters. The first-order chi connectivity index (χ1) is 14.8. The van der Waals surface area contributed by atoms with Gasteiger partial charge in [0.15, 0.2) is 0 Å². The van der Waals surface area contributed by atoms with Gasteiger partial charge >= 0.3 is 6.03 Å². The molecule has 1 fully saturated rings. The molecule has 0 spiro atoms. The van der Waals surface area contributed by atoms with E-state index in [2.05, 4.69) is 5.32 Å². The van der Waals surface area contributed by atoms with E-state index in [0.29, 0.717) is 32.0 Å². The van der Waals surface area contributed by atoms with Gasteiger partial charge in [-0.3, -0.25) is 4.79 Å². The third-order valence-electron chi connectivity index (χ3n) is 5.04. The van der Waals surface area contributed by atoms with Gasteiger partial charge in [0, 0.05) is 25.2 Å². The van der Waals surface area contributed by atoms with E-state index in [-0.39, 0.29) is 24.6 Å². The predicted molar refractivity (Wildman–Crippen MR) is 118 cm³/mol. The smallest absolute Gasteiger partial charge is 0.318 e. The Bertz CT molecular complexity index is 824. The molecule has 7 nitrogen and oxygen atoms in total. The van der Waals surface area contributed by atoms with Crippen LogP contribution in [0.3, 0.4) is 0 Å². The molecule has 1 aliphatic heterocycles. The average Bonchev–Trinajstić information content (AvgIpc) is 3.40. The van der Waals surface area contributed by atoms with E-state index in [0.717, 1.165) is 18.4 Å². The van der Waals surface area contributed by atoms with Gasteiger partial charge in [0.05, 0.1) is 18.9 Å². The minimum Gasteiger partial charge on any atom is -0.467 e. The number of urea groups is 1. The zero-order chi connectivity index (χ0) is 22.3. The lowest BCUT2D eigenvalue weighted by molar-refractivity contribution is -0.133. The normalized spacial score (nSPS) is 16.2. The van der Waals surface area contributed by atoms with Crippen molar-refractivity contribution < 1.29 is 18.7 Å². The highest BCUT2D eigenvalue weighted by molar-refractivity contribution is 5.84. The molecule has 7 heteroatoms. The molecular formula is C24H33N3O4. The summed E-state index contributed by atoms with van der Waals surface area (Å²) in [6.07, 6.45) is 3.44. The molecular weight excluding hydrogens is 394 g/mol. The van der Waals surface area contributed by atoms with E-state index in [9.17, 15) is 9.59 Å². The minimum atomic E-state index is -0.396. The Morgan fingerprint density at radius 2 is 1.84 bits per heavy atom. The summed E-state index contributed by atoms with van der Waals surface area (Å²) in [4.78, 5) is 29.6. The number of hydrogen-bond donors (Lipinski definition) is 1. The zero-order valence-electron chi connectivity index (χ0n) is 18.7. The molecule has 2 aromatic rings. The lowest BCUT2D eigenvalue weighted by Crippen LogP contribution is -2.53. The van der Waals surface area contributed by atoms with Crippen LogP contribution in [0, 0.1) is 0 Å². The summed E-state index contributed by atoms with van der Waals surface area (Å²) in [7, 11) is 0. The average molecular weight is 428 g/mol. The van der Waals surface area contributed by atoms with E-state index < -0.39 is 5.54 Å². The number of benzene rings is 1. The van der Waals surface area contributed by atoms with Gasteiger partial charge in [0.2, 0.25) is 5.91 Å². The number of rotatable bonds is 8. The van der Waals surface area contributed by atoms with E-state index in [1.54, 1.807) is 22.1 Å². The highest BCUT2D eigenvalue weighted by Gasteiger charge is 2.28. The van der Waals surface area contributed by atoms with Crippen LogP contribution in [0.4, 0.5) is 4.79 Å². The maximum Gasteiger partial charge on any atom is 0.318 e. The van der Waals surface area contributed by atoms with Gasteiger partial charge in [-0.05, 0) is 51.3 Å². The number of amides is 3. The second-order valence-corrected chi connectivity index (χ2v) is 9.01. The molecule has 1 N–H and O–H groups in total. The third kappa shape index (κ3) is 7.43.